The first-order valence-corrected chi connectivity index (χ1v) is 16.5. The van der Waals surface area contributed by atoms with Gasteiger partial charge in [0.1, 0.15) is 17.3 Å². The minimum Gasteiger partial charge on any atom is -0.507 e. The number of hydrogen-bond acceptors (Lipinski definition) is 9. The van der Waals surface area contributed by atoms with E-state index in [4.69, 9.17) is 32.7 Å². The number of carbonyl (C=O) groups excluding carboxylic acids is 2. The summed E-state index contributed by atoms with van der Waals surface area (Å²) in [5.41, 5.74) is 1.78. The topological polar surface area (TPSA) is 102 Å². The van der Waals surface area contributed by atoms with Crippen molar-refractivity contribution in [1.82, 2.24) is 10.2 Å². The van der Waals surface area contributed by atoms with Gasteiger partial charge in [0.25, 0.3) is 5.78 Å². The molecule has 1 amide bonds. The lowest BCUT2D eigenvalue weighted by molar-refractivity contribution is -0.132. The Labute approximate surface area is 273 Å². The van der Waals surface area contributed by atoms with Crippen LogP contribution in [0.5, 0.6) is 11.5 Å². The first-order chi connectivity index (χ1) is 21.3. The average Bonchev–Trinajstić information content (AvgIpc) is 3.60. The van der Waals surface area contributed by atoms with E-state index in [1.807, 2.05) is 26.0 Å². The third-order valence-corrected chi connectivity index (χ3v) is 9.35. The van der Waals surface area contributed by atoms with Crippen molar-refractivity contribution in [1.29, 1.82) is 0 Å². The largest absolute Gasteiger partial charge is 0.507 e. The molecule has 0 saturated carbocycles. The van der Waals surface area contributed by atoms with Gasteiger partial charge in [0.15, 0.2) is 4.34 Å². The molecule has 44 heavy (non-hydrogen) atoms. The van der Waals surface area contributed by atoms with Crippen molar-refractivity contribution in [2.24, 2.45) is 0 Å². The van der Waals surface area contributed by atoms with Crippen molar-refractivity contribution in [2.75, 3.05) is 18.1 Å². The van der Waals surface area contributed by atoms with E-state index in [9.17, 15) is 14.7 Å². The number of anilines is 1. The Balaban J connectivity index is 1.52. The molecule has 0 bridgehead atoms. The molecule has 4 aromatic rings. The fourth-order valence-electron chi connectivity index (χ4n) is 4.56. The Bertz CT molecular complexity index is 1690. The Morgan fingerprint density at radius 1 is 0.955 bits per heavy atom. The van der Waals surface area contributed by atoms with Gasteiger partial charge in [-0.2, -0.15) is 0 Å². The number of amides is 1. The number of ether oxygens (including phenoxy) is 2. The number of benzene rings is 3. The molecule has 1 atom stereocenters. The molecule has 0 spiro atoms. The fourth-order valence-corrected chi connectivity index (χ4v) is 6.99. The summed E-state index contributed by atoms with van der Waals surface area (Å²) < 4.78 is 12.1. The molecule has 0 radical (unpaired) electrons. The molecule has 228 valence electrons. The Hall–Kier alpha value is -3.57. The third kappa shape index (κ3) is 7.04. The molecule has 1 N–H and O–H groups in total. The number of nitrogens with zero attached hydrogens (tertiary/aromatic N) is 3. The zero-order chi connectivity index (χ0) is 31.2. The van der Waals surface area contributed by atoms with Gasteiger partial charge in [0, 0.05) is 21.4 Å². The van der Waals surface area contributed by atoms with Gasteiger partial charge in [-0.1, -0.05) is 78.3 Å². The molecule has 3 aromatic carbocycles. The van der Waals surface area contributed by atoms with Crippen LogP contribution in [0.3, 0.4) is 0 Å². The van der Waals surface area contributed by atoms with Crippen LogP contribution < -0.4 is 14.4 Å². The number of aliphatic hydroxyl groups is 1. The SMILES string of the molecule is CCCOc1ccc(/C(O)=C2\C(=O)C(=O)N(c3nnc(SCc4ccc(Cl)cc4Cl)s3)C2c2cccc(OCCC)c2)cc1. The van der Waals surface area contributed by atoms with E-state index in [0.717, 1.165) is 18.4 Å². The van der Waals surface area contributed by atoms with Crippen molar-refractivity contribution >= 4 is 68.9 Å². The maximum Gasteiger partial charge on any atom is 0.301 e. The molecular formula is C32H29Cl2N3O5S2. The zero-order valence-corrected chi connectivity index (χ0v) is 27.1. The van der Waals surface area contributed by atoms with Crippen molar-refractivity contribution in [3.05, 3.63) is 99.0 Å². The van der Waals surface area contributed by atoms with Crippen molar-refractivity contribution in [3.63, 3.8) is 0 Å². The standard InChI is InChI=1S/C32H29Cl2N3O5S2/c1-3-14-41-23-12-9-19(10-13-23)28(38)26-27(20-6-5-7-24(16-20)42-15-4-2)37(30(40)29(26)39)31-35-36-32(44-31)43-18-21-8-11-22(33)17-25(21)34/h5-13,16-17,27,38H,3-4,14-15,18H2,1-2H3/b28-26+. The van der Waals surface area contributed by atoms with Crippen molar-refractivity contribution in [2.45, 2.75) is 42.8 Å². The molecule has 5 rings (SSSR count). The van der Waals surface area contributed by atoms with E-state index in [1.165, 1.54) is 28.0 Å². The highest BCUT2D eigenvalue weighted by atomic mass is 35.5. The van der Waals surface area contributed by atoms with Crippen LogP contribution in [0.15, 0.2) is 76.6 Å². The molecule has 1 fully saturated rings. The molecular weight excluding hydrogens is 641 g/mol. The quantitative estimate of drug-likeness (QED) is 0.0528. The molecule has 0 aliphatic carbocycles. The van der Waals surface area contributed by atoms with E-state index < -0.39 is 17.7 Å². The van der Waals surface area contributed by atoms with Crippen LogP contribution in [0, 0.1) is 0 Å². The van der Waals surface area contributed by atoms with Gasteiger partial charge in [-0.3, -0.25) is 14.5 Å². The second kappa shape index (κ2) is 14.5. The van der Waals surface area contributed by atoms with E-state index in [2.05, 4.69) is 10.2 Å². The number of hydrogen-bond donors (Lipinski definition) is 1. The minimum absolute atomic E-state index is 0.0535. The molecule has 1 aliphatic heterocycles. The summed E-state index contributed by atoms with van der Waals surface area (Å²) in [4.78, 5) is 28.5. The summed E-state index contributed by atoms with van der Waals surface area (Å²) in [6, 6.07) is 18.2. The number of aromatic nitrogens is 2. The summed E-state index contributed by atoms with van der Waals surface area (Å²) >= 11 is 14.9. The number of Topliss-reactive ketones (excluding diaryl/α,β-unsaturated/α-hetero) is 1. The number of thioether (sulfide) groups is 1. The molecule has 2 heterocycles. The highest BCUT2D eigenvalue weighted by molar-refractivity contribution is 8.00. The predicted molar refractivity (Wildman–Crippen MR) is 175 cm³/mol. The normalized spacial score (nSPS) is 16.0. The van der Waals surface area contributed by atoms with Crippen LogP contribution in [0.1, 0.15) is 49.4 Å². The first-order valence-electron chi connectivity index (χ1n) is 14.0. The molecule has 1 saturated heterocycles. The lowest BCUT2D eigenvalue weighted by Gasteiger charge is -2.23. The second-order valence-electron chi connectivity index (χ2n) is 9.84. The average molecular weight is 671 g/mol. The lowest BCUT2D eigenvalue weighted by Crippen LogP contribution is -2.29. The summed E-state index contributed by atoms with van der Waals surface area (Å²) in [6.45, 7) is 5.08. The lowest BCUT2D eigenvalue weighted by atomic mass is 9.95. The number of carbonyl (C=O) groups is 2. The minimum atomic E-state index is -0.965. The molecule has 8 nitrogen and oxygen atoms in total. The van der Waals surface area contributed by atoms with Crippen LogP contribution in [-0.2, 0) is 15.3 Å². The Kier molecular flexibility index (Phi) is 10.5. The van der Waals surface area contributed by atoms with Crippen LogP contribution in [0.4, 0.5) is 5.13 Å². The third-order valence-electron chi connectivity index (χ3n) is 6.66. The number of halogens is 2. The van der Waals surface area contributed by atoms with Gasteiger partial charge in [0.05, 0.1) is 24.8 Å². The monoisotopic (exact) mass is 669 g/mol. The fraction of sp³-hybridized carbons (Fsp3) is 0.250. The van der Waals surface area contributed by atoms with E-state index in [1.54, 1.807) is 54.6 Å². The van der Waals surface area contributed by atoms with Gasteiger partial charge < -0.3 is 14.6 Å². The van der Waals surface area contributed by atoms with Crippen LogP contribution in [-0.4, -0.2) is 40.2 Å². The number of rotatable bonds is 12. The van der Waals surface area contributed by atoms with E-state index in [0.29, 0.717) is 56.0 Å². The van der Waals surface area contributed by atoms with Crippen molar-refractivity contribution < 1.29 is 24.2 Å². The van der Waals surface area contributed by atoms with Crippen LogP contribution >= 0.6 is 46.3 Å². The summed E-state index contributed by atoms with van der Waals surface area (Å²) in [5, 5.41) is 21.4. The summed E-state index contributed by atoms with van der Waals surface area (Å²) in [5.74, 6) is -0.208. The highest BCUT2D eigenvalue weighted by Crippen LogP contribution is 2.45. The molecule has 1 aromatic heterocycles. The van der Waals surface area contributed by atoms with E-state index >= 15 is 0 Å². The predicted octanol–water partition coefficient (Wildman–Crippen LogP) is 8.34. The van der Waals surface area contributed by atoms with Gasteiger partial charge in [-0.15, -0.1) is 10.2 Å². The number of aliphatic hydroxyl groups excluding tert-OH is 1. The molecule has 1 aliphatic rings. The van der Waals surface area contributed by atoms with Crippen molar-refractivity contribution in [3.8, 4) is 11.5 Å². The zero-order valence-electron chi connectivity index (χ0n) is 24.0. The van der Waals surface area contributed by atoms with Gasteiger partial charge in [0.2, 0.25) is 5.13 Å². The Morgan fingerprint density at radius 3 is 2.39 bits per heavy atom. The highest BCUT2D eigenvalue weighted by Gasteiger charge is 2.48. The molecule has 1 unspecified atom stereocenters. The van der Waals surface area contributed by atoms with Gasteiger partial charge >= 0.3 is 5.91 Å². The second-order valence-corrected chi connectivity index (χ2v) is 12.9. The first kappa shape index (κ1) is 31.8. The van der Waals surface area contributed by atoms with Gasteiger partial charge in [-0.25, -0.2) is 0 Å². The maximum atomic E-state index is 13.6. The summed E-state index contributed by atoms with van der Waals surface area (Å²) in [7, 11) is 0. The van der Waals surface area contributed by atoms with E-state index in [-0.39, 0.29) is 16.5 Å². The van der Waals surface area contributed by atoms with Gasteiger partial charge in [-0.05, 0) is 72.5 Å². The summed E-state index contributed by atoms with van der Waals surface area (Å²) in [6.07, 6.45) is 1.67. The maximum absolute atomic E-state index is 13.6. The van der Waals surface area contributed by atoms with Crippen LogP contribution in [0.25, 0.3) is 5.76 Å². The molecule has 12 heteroatoms. The smallest absolute Gasteiger partial charge is 0.301 e. The Morgan fingerprint density at radius 2 is 1.68 bits per heavy atom. The van der Waals surface area contributed by atoms with Crippen LogP contribution in [0.2, 0.25) is 10.0 Å². The number of ketones is 1.